The molecule has 0 amide bonds. The molecular weight excluding hydrogens is 262 g/mol. The van der Waals surface area contributed by atoms with Gasteiger partial charge in [-0.1, -0.05) is 0 Å². The number of ether oxygens (including phenoxy) is 3. The minimum atomic E-state index is -3.55. The molecule has 2 fully saturated rings. The summed E-state index contributed by atoms with van der Waals surface area (Å²) >= 11 is 0. The number of nitriles is 1. The van der Waals surface area contributed by atoms with Crippen molar-refractivity contribution in [1.82, 2.24) is 0 Å². The molecule has 4 atom stereocenters. The van der Waals surface area contributed by atoms with Crippen molar-refractivity contribution < 1.29 is 26.8 Å². The van der Waals surface area contributed by atoms with E-state index >= 15 is 0 Å². The van der Waals surface area contributed by atoms with Gasteiger partial charge in [-0.05, 0) is 13.8 Å². The van der Waals surface area contributed by atoms with Crippen LogP contribution in [0.3, 0.4) is 0 Å². The van der Waals surface area contributed by atoms with E-state index in [0.717, 1.165) is 6.26 Å². The fraction of sp³-hybridized carbons (Fsp3) is 0.900. The highest BCUT2D eigenvalue weighted by Gasteiger charge is 2.55. The average Bonchev–Trinajstić information content (AvgIpc) is 2.67. The van der Waals surface area contributed by atoms with Gasteiger partial charge in [0.1, 0.15) is 18.3 Å². The second-order valence-electron chi connectivity index (χ2n) is 4.78. The van der Waals surface area contributed by atoms with Crippen molar-refractivity contribution in [2.75, 3.05) is 12.9 Å². The predicted octanol–water partition coefficient (Wildman–Crippen LogP) is -0.226. The van der Waals surface area contributed by atoms with Crippen LogP contribution in [0.1, 0.15) is 13.8 Å². The Hall–Kier alpha value is -0.720. The van der Waals surface area contributed by atoms with Crippen LogP contribution in [-0.2, 0) is 28.5 Å². The van der Waals surface area contributed by atoms with E-state index in [1.165, 1.54) is 0 Å². The summed E-state index contributed by atoms with van der Waals surface area (Å²) in [6, 6.07) is 1.97. The van der Waals surface area contributed by atoms with Crippen molar-refractivity contribution in [2.45, 2.75) is 44.1 Å². The van der Waals surface area contributed by atoms with E-state index in [4.69, 9.17) is 19.5 Å². The molecule has 0 saturated carbocycles. The lowest BCUT2D eigenvalue weighted by atomic mass is 10.1. The molecule has 0 radical (unpaired) electrons. The van der Waals surface area contributed by atoms with Gasteiger partial charge in [0.25, 0.3) is 10.1 Å². The largest absolute Gasteiger partial charge is 0.352 e. The highest BCUT2D eigenvalue weighted by Crippen LogP contribution is 2.38. The van der Waals surface area contributed by atoms with Gasteiger partial charge >= 0.3 is 0 Å². The zero-order valence-electron chi connectivity index (χ0n) is 10.3. The van der Waals surface area contributed by atoms with Gasteiger partial charge in [-0.3, -0.25) is 4.18 Å². The highest BCUT2D eigenvalue weighted by atomic mass is 32.2. The Morgan fingerprint density at radius 2 is 1.94 bits per heavy atom. The molecule has 2 aliphatic heterocycles. The first-order chi connectivity index (χ1) is 8.22. The van der Waals surface area contributed by atoms with Crippen LogP contribution < -0.4 is 0 Å². The van der Waals surface area contributed by atoms with Crippen molar-refractivity contribution >= 4 is 10.1 Å². The van der Waals surface area contributed by atoms with Gasteiger partial charge in [0.05, 0.1) is 18.9 Å². The quantitative estimate of drug-likeness (QED) is 0.658. The van der Waals surface area contributed by atoms with Crippen molar-refractivity contribution in [3.8, 4) is 6.07 Å². The number of rotatable bonds is 3. The van der Waals surface area contributed by atoms with Crippen molar-refractivity contribution in [1.29, 1.82) is 5.26 Å². The molecule has 2 heterocycles. The lowest BCUT2D eigenvalue weighted by Crippen LogP contribution is -2.33. The van der Waals surface area contributed by atoms with E-state index in [-0.39, 0.29) is 6.61 Å². The molecule has 102 valence electrons. The van der Waals surface area contributed by atoms with E-state index in [9.17, 15) is 8.42 Å². The normalized spacial score (nSPS) is 38.3. The van der Waals surface area contributed by atoms with Gasteiger partial charge in [-0.2, -0.15) is 13.7 Å². The summed E-state index contributed by atoms with van der Waals surface area (Å²) in [7, 11) is -3.55. The second kappa shape index (κ2) is 4.43. The van der Waals surface area contributed by atoms with E-state index in [0.29, 0.717) is 0 Å². The zero-order chi connectivity index (χ0) is 13.6. The maximum absolute atomic E-state index is 10.9. The van der Waals surface area contributed by atoms with Crippen LogP contribution in [0.5, 0.6) is 0 Å². The molecule has 0 N–H and O–H groups in total. The lowest BCUT2D eigenvalue weighted by Gasteiger charge is -2.22. The summed E-state index contributed by atoms with van der Waals surface area (Å²) in [5, 5.41) is 8.96. The van der Waals surface area contributed by atoms with Crippen molar-refractivity contribution in [3.63, 3.8) is 0 Å². The van der Waals surface area contributed by atoms with Gasteiger partial charge in [-0.25, -0.2) is 0 Å². The number of fused-ring (bicyclic) bond motifs is 1. The third kappa shape index (κ3) is 2.81. The van der Waals surface area contributed by atoms with Crippen LogP contribution in [0, 0.1) is 11.3 Å². The third-order valence-corrected chi connectivity index (χ3v) is 3.29. The van der Waals surface area contributed by atoms with Gasteiger partial charge < -0.3 is 14.2 Å². The fourth-order valence-corrected chi connectivity index (χ4v) is 2.49. The number of hydrogen-bond donors (Lipinski definition) is 0. The van der Waals surface area contributed by atoms with E-state index < -0.39 is 40.3 Å². The van der Waals surface area contributed by atoms with E-state index in [2.05, 4.69) is 4.18 Å². The van der Waals surface area contributed by atoms with Crippen LogP contribution in [0.2, 0.25) is 0 Å². The van der Waals surface area contributed by atoms with Crippen LogP contribution in [0.4, 0.5) is 0 Å². The summed E-state index contributed by atoms with van der Waals surface area (Å²) in [5.41, 5.74) is 0. The topological polar surface area (TPSA) is 94.8 Å². The molecule has 0 aromatic carbocycles. The Bertz CT molecular complexity index is 467. The number of hydrogen-bond acceptors (Lipinski definition) is 7. The Kier molecular flexibility index (Phi) is 3.38. The lowest BCUT2D eigenvalue weighted by molar-refractivity contribution is -0.183. The maximum atomic E-state index is 10.9. The molecule has 8 heteroatoms. The van der Waals surface area contributed by atoms with E-state index in [1.807, 2.05) is 6.07 Å². The van der Waals surface area contributed by atoms with E-state index in [1.54, 1.807) is 13.8 Å². The molecule has 2 aliphatic rings. The predicted molar refractivity (Wildman–Crippen MR) is 58.9 cm³/mol. The molecule has 18 heavy (non-hydrogen) atoms. The summed E-state index contributed by atoms with van der Waals surface area (Å²) < 4.78 is 43.1. The SMILES string of the molecule is CC1(C)O[C@@H]2[C@H](O1)[C@@H](COS(C)(=O)=O)O[C@H]2C#N. The summed E-state index contributed by atoms with van der Waals surface area (Å²) in [4.78, 5) is 0. The fourth-order valence-electron chi connectivity index (χ4n) is 2.11. The van der Waals surface area contributed by atoms with Gasteiger partial charge in [0.2, 0.25) is 0 Å². The molecule has 2 saturated heterocycles. The molecule has 0 aliphatic carbocycles. The first kappa shape index (κ1) is 13.7. The maximum Gasteiger partial charge on any atom is 0.264 e. The number of nitrogens with zero attached hydrogens (tertiary/aromatic N) is 1. The summed E-state index contributed by atoms with van der Waals surface area (Å²) in [5.74, 6) is -0.808. The van der Waals surface area contributed by atoms with Gasteiger partial charge in [0.15, 0.2) is 11.9 Å². The summed E-state index contributed by atoms with van der Waals surface area (Å²) in [6.45, 7) is 3.28. The third-order valence-electron chi connectivity index (χ3n) is 2.72. The van der Waals surface area contributed by atoms with Crippen molar-refractivity contribution in [3.05, 3.63) is 0 Å². The second-order valence-corrected chi connectivity index (χ2v) is 6.42. The molecule has 0 spiro atoms. The minimum absolute atomic E-state index is 0.183. The highest BCUT2D eigenvalue weighted by molar-refractivity contribution is 7.85. The first-order valence-electron chi connectivity index (χ1n) is 5.47. The molecule has 0 aromatic rings. The van der Waals surface area contributed by atoms with Crippen molar-refractivity contribution in [2.24, 2.45) is 0 Å². The molecule has 0 bridgehead atoms. The average molecular weight is 277 g/mol. The Labute approximate surface area is 106 Å². The minimum Gasteiger partial charge on any atom is -0.352 e. The Balaban J connectivity index is 2.07. The molecular formula is C10H15NO6S. The zero-order valence-corrected chi connectivity index (χ0v) is 11.1. The molecule has 7 nitrogen and oxygen atoms in total. The van der Waals surface area contributed by atoms with Gasteiger partial charge in [0, 0.05) is 0 Å². The monoisotopic (exact) mass is 277 g/mol. The van der Waals surface area contributed by atoms with Crippen LogP contribution >= 0.6 is 0 Å². The van der Waals surface area contributed by atoms with Crippen LogP contribution in [0.15, 0.2) is 0 Å². The van der Waals surface area contributed by atoms with Crippen LogP contribution in [-0.4, -0.2) is 51.5 Å². The molecule has 0 unspecified atom stereocenters. The van der Waals surface area contributed by atoms with Gasteiger partial charge in [-0.15, -0.1) is 0 Å². The Morgan fingerprint density at radius 3 is 2.50 bits per heavy atom. The first-order valence-corrected chi connectivity index (χ1v) is 7.29. The smallest absolute Gasteiger partial charge is 0.264 e. The van der Waals surface area contributed by atoms with Crippen LogP contribution in [0.25, 0.3) is 0 Å². The molecule has 2 rings (SSSR count). The Morgan fingerprint density at radius 1 is 1.33 bits per heavy atom. The summed E-state index contributed by atoms with van der Waals surface area (Å²) in [6.07, 6.45) is -1.46. The standard InChI is InChI=1S/C10H15NO6S/c1-10(2)16-8-6(4-11)15-7(9(8)17-10)5-14-18(3,12)13/h6-9H,5H2,1-3H3/t6-,7+,8-,9+/m0/s1. The molecule has 0 aromatic heterocycles.